The van der Waals surface area contributed by atoms with Crippen LogP contribution in [0.1, 0.15) is 10.4 Å². The number of carbonyl (C=O) groups excluding carboxylic acids is 2. The molecule has 0 saturated carbocycles. The van der Waals surface area contributed by atoms with Crippen LogP contribution in [0.2, 0.25) is 0 Å². The maximum Gasteiger partial charge on any atom is 0.262 e. The van der Waals surface area contributed by atoms with Gasteiger partial charge in [-0.25, -0.2) is 4.39 Å². The summed E-state index contributed by atoms with van der Waals surface area (Å²) in [5, 5.41) is 2.51. The molecule has 0 bridgehead atoms. The van der Waals surface area contributed by atoms with E-state index in [1.807, 2.05) is 0 Å². The first kappa shape index (κ1) is 19.2. The van der Waals surface area contributed by atoms with E-state index >= 15 is 0 Å². The molecule has 2 amide bonds. The number of rotatable bonds is 9. The Morgan fingerprint density at radius 1 is 1.12 bits per heavy atom. The van der Waals surface area contributed by atoms with Crippen molar-refractivity contribution in [2.45, 2.75) is 0 Å². The first-order chi connectivity index (χ1) is 12.5. The number of nitrogens with two attached hydrogens (primary N) is 1. The highest BCUT2D eigenvalue weighted by molar-refractivity contribution is 5.93. The van der Waals surface area contributed by atoms with Gasteiger partial charge in [-0.15, -0.1) is 0 Å². The Morgan fingerprint density at radius 3 is 2.62 bits per heavy atom. The molecule has 0 unspecified atom stereocenters. The number of hydrogen-bond donors (Lipinski definition) is 2. The van der Waals surface area contributed by atoms with Gasteiger partial charge in [-0.05, 0) is 30.3 Å². The Balaban J connectivity index is 1.88. The van der Waals surface area contributed by atoms with E-state index in [0.29, 0.717) is 12.4 Å². The predicted molar refractivity (Wildman–Crippen MR) is 92.9 cm³/mol. The number of carbonyl (C=O) groups is 2. The normalized spacial score (nSPS) is 10.2. The molecule has 0 aliphatic carbocycles. The third-order valence-electron chi connectivity index (χ3n) is 3.25. The highest BCUT2D eigenvalue weighted by Gasteiger charge is 2.09. The second kappa shape index (κ2) is 9.38. The average molecular weight is 362 g/mol. The van der Waals surface area contributed by atoms with E-state index in [2.05, 4.69) is 5.32 Å². The fourth-order valence-corrected chi connectivity index (χ4v) is 2.02. The highest BCUT2D eigenvalue weighted by Crippen LogP contribution is 2.21. The second-order valence-corrected chi connectivity index (χ2v) is 5.22. The number of hydrogen-bond acceptors (Lipinski definition) is 5. The molecule has 138 valence electrons. The molecule has 0 aliphatic heterocycles. The van der Waals surface area contributed by atoms with Gasteiger partial charge in [0.25, 0.3) is 5.91 Å². The van der Waals surface area contributed by atoms with E-state index in [9.17, 15) is 14.0 Å². The molecule has 2 aromatic rings. The number of amides is 2. The smallest absolute Gasteiger partial charge is 0.262 e. The summed E-state index contributed by atoms with van der Waals surface area (Å²) >= 11 is 0. The van der Waals surface area contributed by atoms with Gasteiger partial charge in [0, 0.05) is 24.4 Å². The number of benzene rings is 2. The molecule has 0 aliphatic rings. The van der Waals surface area contributed by atoms with Crippen LogP contribution in [0.25, 0.3) is 0 Å². The Labute approximate surface area is 149 Å². The lowest BCUT2D eigenvalue weighted by atomic mass is 10.2. The first-order valence-corrected chi connectivity index (χ1v) is 7.73. The zero-order valence-corrected chi connectivity index (χ0v) is 14.2. The fraction of sp³-hybridized carbons (Fsp3) is 0.222. The van der Waals surface area contributed by atoms with Gasteiger partial charge in [0.2, 0.25) is 5.91 Å². The number of primary amides is 1. The maximum absolute atomic E-state index is 13.9. The van der Waals surface area contributed by atoms with E-state index < -0.39 is 17.6 Å². The quantitative estimate of drug-likeness (QED) is 0.665. The predicted octanol–water partition coefficient (Wildman–Crippen LogP) is 1.97. The monoisotopic (exact) mass is 362 g/mol. The molecular weight excluding hydrogens is 343 g/mol. The largest absolute Gasteiger partial charge is 0.488 e. The van der Waals surface area contributed by atoms with Crippen molar-refractivity contribution in [1.82, 2.24) is 0 Å². The summed E-state index contributed by atoms with van der Waals surface area (Å²) in [5.74, 6) is -1.29. The lowest BCUT2D eigenvalue weighted by Gasteiger charge is -2.10. The van der Waals surface area contributed by atoms with E-state index in [-0.39, 0.29) is 30.2 Å². The van der Waals surface area contributed by atoms with Crippen LogP contribution in [-0.2, 0) is 9.53 Å². The molecule has 2 rings (SSSR count). The molecule has 26 heavy (non-hydrogen) atoms. The minimum atomic E-state index is -0.603. The number of ether oxygens (including phenoxy) is 3. The summed E-state index contributed by atoms with van der Waals surface area (Å²) in [6.07, 6.45) is 0. The number of nitrogens with one attached hydrogen (secondary N) is 1. The minimum absolute atomic E-state index is 0.0690. The van der Waals surface area contributed by atoms with Crippen molar-refractivity contribution in [3.8, 4) is 11.5 Å². The lowest BCUT2D eigenvalue weighted by molar-refractivity contribution is -0.118. The summed E-state index contributed by atoms with van der Waals surface area (Å²) in [5.41, 5.74) is 5.72. The molecule has 0 fully saturated rings. The molecule has 0 radical (unpaired) electrons. The van der Waals surface area contributed by atoms with Gasteiger partial charge in [-0.3, -0.25) is 9.59 Å². The molecule has 0 heterocycles. The lowest BCUT2D eigenvalue weighted by Crippen LogP contribution is -2.20. The summed E-state index contributed by atoms with van der Waals surface area (Å²) in [4.78, 5) is 23.0. The van der Waals surface area contributed by atoms with Gasteiger partial charge in [-0.1, -0.05) is 6.07 Å². The van der Waals surface area contributed by atoms with Crippen LogP contribution in [0.4, 0.5) is 10.1 Å². The molecule has 0 aromatic heterocycles. The zero-order valence-electron chi connectivity index (χ0n) is 14.2. The topological polar surface area (TPSA) is 99.9 Å². The van der Waals surface area contributed by atoms with Gasteiger partial charge >= 0.3 is 0 Å². The molecule has 3 N–H and O–H groups in total. The van der Waals surface area contributed by atoms with E-state index in [1.165, 1.54) is 31.4 Å². The number of anilines is 1. The maximum atomic E-state index is 13.9. The fourth-order valence-electron chi connectivity index (χ4n) is 2.02. The van der Waals surface area contributed by atoms with Crippen molar-refractivity contribution < 1.29 is 28.2 Å². The first-order valence-electron chi connectivity index (χ1n) is 7.73. The molecular formula is C18H19FN2O5. The van der Waals surface area contributed by atoms with Crippen LogP contribution in [0.5, 0.6) is 11.5 Å². The Bertz CT molecular complexity index is 782. The van der Waals surface area contributed by atoms with Crippen LogP contribution in [0, 0.1) is 5.82 Å². The van der Waals surface area contributed by atoms with Crippen LogP contribution >= 0.6 is 0 Å². The molecule has 7 nitrogen and oxygen atoms in total. The van der Waals surface area contributed by atoms with Crippen molar-refractivity contribution in [2.75, 3.05) is 32.2 Å². The third kappa shape index (κ3) is 5.75. The van der Waals surface area contributed by atoms with Gasteiger partial charge in [0.1, 0.15) is 12.4 Å². The second-order valence-electron chi connectivity index (χ2n) is 5.22. The van der Waals surface area contributed by atoms with Crippen molar-refractivity contribution in [1.29, 1.82) is 0 Å². The zero-order chi connectivity index (χ0) is 18.9. The van der Waals surface area contributed by atoms with Crippen LogP contribution in [-0.4, -0.2) is 38.7 Å². The van der Waals surface area contributed by atoms with Crippen LogP contribution in [0.15, 0.2) is 42.5 Å². The van der Waals surface area contributed by atoms with Crippen LogP contribution < -0.4 is 20.5 Å². The highest BCUT2D eigenvalue weighted by atomic mass is 19.1. The van der Waals surface area contributed by atoms with Gasteiger partial charge in [0.05, 0.1) is 6.61 Å². The summed E-state index contributed by atoms with van der Waals surface area (Å²) < 4.78 is 29.2. The third-order valence-corrected chi connectivity index (χ3v) is 3.25. The molecule has 0 spiro atoms. The standard InChI is InChI=1S/C18H19FN2O5/c1-24-7-8-25-16-6-5-13(10-15(16)19)21-17(22)11-26-14-4-2-3-12(9-14)18(20)23/h2-6,9-10H,7-8,11H2,1H3,(H2,20,23)(H,21,22). The summed E-state index contributed by atoms with van der Waals surface area (Å²) in [6, 6.07) is 10.2. The van der Waals surface area contributed by atoms with Crippen molar-refractivity contribution in [2.24, 2.45) is 5.73 Å². The van der Waals surface area contributed by atoms with Crippen molar-refractivity contribution >= 4 is 17.5 Å². The molecule has 0 saturated heterocycles. The summed E-state index contributed by atoms with van der Waals surface area (Å²) in [7, 11) is 1.52. The number of methoxy groups -OCH3 is 1. The van der Waals surface area contributed by atoms with E-state index in [1.54, 1.807) is 12.1 Å². The Hall–Kier alpha value is -3.13. The van der Waals surface area contributed by atoms with Crippen molar-refractivity contribution in [3.05, 3.63) is 53.8 Å². The van der Waals surface area contributed by atoms with E-state index in [4.69, 9.17) is 19.9 Å². The SMILES string of the molecule is COCCOc1ccc(NC(=O)COc2cccc(C(N)=O)c2)cc1F. The van der Waals surface area contributed by atoms with Crippen LogP contribution in [0.3, 0.4) is 0 Å². The Morgan fingerprint density at radius 2 is 1.92 bits per heavy atom. The van der Waals surface area contributed by atoms with E-state index in [0.717, 1.165) is 6.07 Å². The number of halogens is 1. The van der Waals surface area contributed by atoms with Gasteiger partial charge in [0.15, 0.2) is 18.2 Å². The summed E-state index contributed by atoms with van der Waals surface area (Å²) in [6.45, 7) is 0.249. The molecule has 8 heteroatoms. The minimum Gasteiger partial charge on any atom is -0.488 e. The molecule has 0 atom stereocenters. The van der Waals surface area contributed by atoms with Gasteiger partial charge < -0.3 is 25.3 Å². The van der Waals surface area contributed by atoms with Gasteiger partial charge in [-0.2, -0.15) is 0 Å². The molecule has 2 aromatic carbocycles. The Kier molecular flexibility index (Phi) is 6.92. The van der Waals surface area contributed by atoms with Crippen molar-refractivity contribution in [3.63, 3.8) is 0 Å². The average Bonchev–Trinajstić information content (AvgIpc) is 2.62.